The number of rotatable bonds is 4. The lowest BCUT2D eigenvalue weighted by Crippen LogP contribution is -1.97. The van der Waals surface area contributed by atoms with Crippen molar-refractivity contribution >= 4 is 17.7 Å². The predicted molar refractivity (Wildman–Crippen MR) is 90.6 cm³/mol. The van der Waals surface area contributed by atoms with Crippen LogP contribution in [0.15, 0.2) is 48.5 Å². The summed E-state index contributed by atoms with van der Waals surface area (Å²) >= 11 is 0. The number of aromatic nitrogens is 2. The first kappa shape index (κ1) is 15.0. The van der Waals surface area contributed by atoms with E-state index >= 15 is 0 Å². The molecule has 1 aromatic carbocycles. The lowest BCUT2D eigenvalue weighted by Gasteiger charge is -2.04. The van der Waals surface area contributed by atoms with Gasteiger partial charge in [0.15, 0.2) is 0 Å². The molecule has 0 atom stereocenters. The molecule has 4 nitrogen and oxygen atoms in total. The average Bonchev–Trinajstić information content (AvgIpc) is 2.86. The third kappa shape index (κ3) is 3.16. The van der Waals surface area contributed by atoms with Crippen molar-refractivity contribution in [1.29, 1.82) is 0 Å². The van der Waals surface area contributed by atoms with Gasteiger partial charge in [-0.15, -0.1) is 0 Å². The SMILES string of the molecule is Cc1ccc(Cc2nc3cccc(C)n3c2/C=C/C(=O)O)cc1. The number of nitrogens with zero attached hydrogens (tertiary/aromatic N) is 2. The van der Waals surface area contributed by atoms with E-state index in [1.165, 1.54) is 5.56 Å². The van der Waals surface area contributed by atoms with E-state index in [1.54, 1.807) is 6.08 Å². The van der Waals surface area contributed by atoms with Crippen LogP contribution in [0.25, 0.3) is 11.7 Å². The molecule has 0 radical (unpaired) electrons. The van der Waals surface area contributed by atoms with Gasteiger partial charge >= 0.3 is 5.97 Å². The Kier molecular flexibility index (Phi) is 3.98. The predicted octanol–water partition coefficient (Wildman–Crippen LogP) is 3.64. The topological polar surface area (TPSA) is 54.6 Å². The van der Waals surface area contributed by atoms with Crippen LogP contribution in [-0.2, 0) is 11.2 Å². The fraction of sp³-hybridized carbons (Fsp3) is 0.158. The summed E-state index contributed by atoms with van der Waals surface area (Å²) in [5.41, 5.74) is 5.92. The summed E-state index contributed by atoms with van der Waals surface area (Å²) in [6.07, 6.45) is 3.45. The molecule has 23 heavy (non-hydrogen) atoms. The molecule has 0 saturated carbocycles. The smallest absolute Gasteiger partial charge is 0.328 e. The molecular formula is C19H18N2O2. The van der Waals surface area contributed by atoms with Gasteiger partial charge in [-0.2, -0.15) is 0 Å². The van der Waals surface area contributed by atoms with Gasteiger partial charge in [0.25, 0.3) is 0 Å². The van der Waals surface area contributed by atoms with Gasteiger partial charge in [-0.25, -0.2) is 9.78 Å². The minimum absolute atomic E-state index is 0.667. The van der Waals surface area contributed by atoms with Crippen molar-refractivity contribution in [1.82, 2.24) is 9.38 Å². The minimum Gasteiger partial charge on any atom is -0.478 e. The van der Waals surface area contributed by atoms with E-state index < -0.39 is 5.97 Å². The summed E-state index contributed by atoms with van der Waals surface area (Å²) in [5, 5.41) is 8.95. The number of hydrogen-bond acceptors (Lipinski definition) is 2. The molecule has 0 unspecified atom stereocenters. The second-order valence-corrected chi connectivity index (χ2v) is 5.64. The highest BCUT2D eigenvalue weighted by atomic mass is 16.4. The van der Waals surface area contributed by atoms with Crippen LogP contribution in [0.1, 0.15) is 28.2 Å². The zero-order chi connectivity index (χ0) is 16.4. The highest BCUT2D eigenvalue weighted by Gasteiger charge is 2.12. The Labute approximate surface area is 134 Å². The number of aryl methyl sites for hydroxylation is 2. The first-order valence-corrected chi connectivity index (χ1v) is 7.48. The van der Waals surface area contributed by atoms with E-state index in [0.717, 1.165) is 34.4 Å². The van der Waals surface area contributed by atoms with Crippen LogP contribution in [0, 0.1) is 13.8 Å². The molecule has 1 N–H and O–H groups in total. The fourth-order valence-electron chi connectivity index (χ4n) is 2.68. The first-order valence-electron chi connectivity index (χ1n) is 7.48. The maximum absolute atomic E-state index is 10.9. The maximum Gasteiger partial charge on any atom is 0.328 e. The zero-order valence-electron chi connectivity index (χ0n) is 13.2. The van der Waals surface area contributed by atoms with E-state index in [1.807, 2.05) is 29.5 Å². The van der Waals surface area contributed by atoms with Crippen molar-refractivity contribution in [2.24, 2.45) is 0 Å². The molecule has 2 aromatic heterocycles. The van der Waals surface area contributed by atoms with Gasteiger partial charge in [0.05, 0.1) is 11.4 Å². The summed E-state index contributed by atoms with van der Waals surface area (Å²) in [6.45, 7) is 4.04. The summed E-state index contributed by atoms with van der Waals surface area (Å²) < 4.78 is 1.99. The monoisotopic (exact) mass is 306 g/mol. The lowest BCUT2D eigenvalue weighted by atomic mass is 10.1. The average molecular weight is 306 g/mol. The molecule has 0 fully saturated rings. The standard InChI is InChI=1S/C19H18N2O2/c1-13-6-8-15(9-7-13)12-16-17(10-11-19(22)23)21-14(2)4-3-5-18(21)20-16/h3-11H,12H2,1-2H3,(H,22,23)/b11-10+. The Hall–Kier alpha value is -2.88. The van der Waals surface area contributed by atoms with Gasteiger partial charge in [0.1, 0.15) is 5.65 Å². The molecule has 0 aliphatic heterocycles. The highest BCUT2D eigenvalue weighted by molar-refractivity contribution is 5.85. The number of carboxylic acids is 1. The molecule has 0 aliphatic carbocycles. The second kappa shape index (κ2) is 6.08. The number of benzene rings is 1. The Morgan fingerprint density at radius 1 is 1.17 bits per heavy atom. The van der Waals surface area contributed by atoms with E-state index in [4.69, 9.17) is 5.11 Å². The number of fused-ring (bicyclic) bond motifs is 1. The molecule has 3 rings (SSSR count). The maximum atomic E-state index is 10.9. The summed E-state index contributed by atoms with van der Waals surface area (Å²) in [7, 11) is 0. The molecule has 0 saturated heterocycles. The van der Waals surface area contributed by atoms with E-state index in [2.05, 4.69) is 36.2 Å². The largest absolute Gasteiger partial charge is 0.478 e. The van der Waals surface area contributed by atoms with Crippen molar-refractivity contribution in [3.63, 3.8) is 0 Å². The summed E-state index contributed by atoms with van der Waals surface area (Å²) in [4.78, 5) is 15.6. The van der Waals surface area contributed by atoms with Crippen LogP contribution in [0.5, 0.6) is 0 Å². The Bertz CT molecular complexity index is 890. The molecule has 0 spiro atoms. The van der Waals surface area contributed by atoms with Crippen LogP contribution in [0.4, 0.5) is 0 Å². The molecular weight excluding hydrogens is 288 g/mol. The quantitative estimate of drug-likeness (QED) is 0.749. The second-order valence-electron chi connectivity index (χ2n) is 5.64. The molecule has 2 heterocycles. The molecule has 0 bridgehead atoms. The molecule has 4 heteroatoms. The van der Waals surface area contributed by atoms with Crippen molar-refractivity contribution in [3.05, 3.63) is 76.7 Å². The Morgan fingerprint density at radius 2 is 1.91 bits per heavy atom. The van der Waals surface area contributed by atoms with Gasteiger partial charge in [0.2, 0.25) is 0 Å². The van der Waals surface area contributed by atoms with Crippen LogP contribution in [0.2, 0.25) is 0 Å². The number of imidazole rings is 1. The number of carbonyl (C=O) groups is 1. The van der Waals surface area contributed by atoms with E-state index in [0.29, 0.717) is 6.42 Å². The normalized spacial score (nSPS) is 11.4. The first-order chi connectivity index (χ1) is 11.0. The summed E-state index contributed by atoms with van der Waals surface area (Å²) in [6, 6.07) is 14.2. The van der Waals surface area contributed by atoms with Crippen LogP contribution in [0.3, 0.4) is 0 Å². The Balaban J connectivity index is 2.11. The Morgan fingerprint density at radius 3 is 2.61 bits per heavy atom. The van der Waals surface area contributed by atoms with Crippen molar-refractivity contribution in [2.75, 3.05) is 0 Å². The number of aliphatic carboxylic acids is 1. The third-order valence-corrected chi connectivity index (χ3v) is 3.83. The number of hydrogen-bond donors (Lipinski definition) is 1. The van der Waals surface area contributed by atoms with Crippen molar-refractivity contribution in [3.8, 4) is 0 Å². The van der Waals surface area contributed by atoms with Crippen LogP contribution < -0.4 is 0 Å². The van der Waals surface area contributed by atoms with Gasteiger partial charge in [-0.05, 0) is 37.6 Å². The van der Waals surface area contributed by atoms with Crippen molar-refractivity contribution in [2.45, 2.75) is 20.3 Å². The molecule has 0 amide bonds. The number of pyridine rings is 1. The third-order valence-electron chi connectivity index (χ3n) is 3.83. The van der Waals surface area contributed by atoms with Crippen LogP contribution >= 0.6 is 0 Å². The lowest BCUT2D eigenvalue weighted by molar-refractivity contribution is -0.131. The van der Waals surface area contributed by atoms with E-state index in [-0.39, 0.29) is 0 Å². The van der Waals surface area contributed by atoms with Gasteiger partial charge in [0, 0.05) is 18.2 Å². The molecule has 0 aliphatic rings. The fourth-order valence-corrected chi connectivity index (χ4v) is 2.68. The minimum atomic E-state index is -0.963. The number of carboxylic acid groups (broad SMARTS) is 1. The van der Waals surface area contributed by atoms with Gasteiger partial charge < -0.3 is 5.11 Å². The summed E-state index contributed by atoms with van der Waals surface area (Å²) in [5.74, 6) is -0.963. The van der Waals surface area contributed by atoms with Gasteiger partial charge in [-0.3, -0.25) is 4.40 Å². The zero-order valence-corrected chi connectivity index (χ0v) is 13.2. The highest BCUT2D eigenvalue weighted by Crippen LogP contribution is 2.20. The van der Waals surface area contributed by atoms with E-state index in [9.17, 15) is 4.79 Å². The molecule has 116 valence electrons. The van der Waals surface area contributed by atoms with Crippen molar-refractivity contribution < 1.29 is 9.90 Å². The van der Waals surface area contributed by atoms with Crippen LogP contribution in [-0.4, -0.2) is 20.5 Å². The molecule has 3 aromatic rings. The van der Waals surface area contributed by atoms with Gasteiger partial charge in [-0.1, -0.05) is 35.9 Å².